The van der Waals surface area contributed by atoms with Gasteiger partial charge in [-0.15, -0.1) is 0 Å². The number of carbonyl (C=O) groups excluding carboxylic acids is 1. The highest BCUT2D eigenvalue weighted by molar-refractivity contribution is 5.74. The lowest BCUT2D eigenvalue weighted by Gasteiger charge is -2.31. The van der Waals surface area contributed by atoms with E-state index in [0.29, 0.717) is 31.7 Å². The molecule has 8 heteroatoms. The predicted molar refractivity (Wildman–Crippen MR) is 92.2 cm³/mol. The van der Waals surface area contributed by atoms with Crippen LogP contribution in [0, 0.1) is 0 Å². The largest absolute Gasteiger partial charge is 0.460 e. The fourth-order valence-corrected chi connectivity index (χ4v) is 2.85. The molecule has 134 valence electrons. The molecule has 3 rings (SSSR count). The van der Waals surface area contributed by atoms with Gasteiger partial charge in [0.1, 0.15) is 6.10 Å². The highest BCUT2D eigenvalue weighted by atomic mass is 16.5. The van der Waals surface area contributed by atoms with E-state index in [1.165, 1.54) is 0 Å². The van der Waals surface area contributed by atoms with Gasteiger partial charge in [0, 0.05) is 63.3 Å². The van der Waals surface area contributed by atoms with Gasteiger partial charge in [-0.2, -0.15) is 0 Å². The van der Waals surface area contributed by atoms with Crippen molar-refractivity contribution >= 4 is 6.03 Å². The summed E-state index contributed by atoms with van der Waals surface area (Å²) in [6, 6.07) is 2.46. The maximum absolute atomic E-state index is 12.3. The molecule has 0 radical (unpaired) electrons. The Morgan fingerprint density at radius 3 is 2.76 bits per heavy atom. The van der Waals surface area contributed by atoms with Crippen molar-refractivity contribution in [3.05, 3.63) is 37.2 Å². The summed E-state index contributed by atoms with van der Waals surface area (Å²) in [6.45, 7) is 4.12. The van der Waals surface area contributed by atoms with Crippen molar-refractivity contribution in [1.29, 1.82) is 0 Å². The number of rotatable bonds is 6. The van der Waals surface area contributed by atoms with Crippen LogP contribution in [0.3, 0.4) is 0 Å². The molecule has 3 heterocycles. The minimum absolute atomic E-state index is 0.00718. The summed E-state index contributed by atoms with van der Waals surface area (Å²) in [6.07, 6.45) is 11.3. The van der Waals surface area contributed by atoms with Crippen molar-refractivity contribution in [1.82, 2.24) is 29.7 Å². The summed E-state index contributed by atoms with van der Waals surface area (Å²) in [7, 11) is 0. The molecule has 2 aromatic heterocycles. The molecule has 1 N–H and O–H groups in total. The molecule has 2 aromatic rings. The summed E-state index contributed by atoms with van der Waals surface area (Å²) in [5.41, 5.74) is 0. The molecule has 0 unspecified atom stereocenters. The Hall–Kier alpha value is -2.64. The first kappa shape index (κ1) is 17.2. The lowest BCUT2D eigenvalue weighted by molar-refractivity contribution is 0.103. The normalized spacial score (nSPS) is 16.4. The molecule has 1 saturated heterocycles. The number of ether oxygens (including phenoxy) is 1. The number of nitrogens with one attached hydrogen (secondary N) is 1. The summed E-state index contributed by atoms with van der Waals surface area (Å²) < 4.78 is 7.79. The third kappa shape index (κ3) is 4.91. The van der Waals surface area contributed by atoms with E-state index in [4.69, 9.17) is 4.74 Å². The quantitative estimate of drug-likeness (QED) is 0.865. The van der Waals surface area contributed by atoms with Gasteiger partial charge >= 0.3 is 12.0 Å². The number of imidazole rings is 1. The lowest BCUT2D eigenvalue weighted by atomic mass is 10.1. The van der Waals surface area contributed by atoms with Crippen LogP contribution in [-0.2, 0) is 0 Å². The molecule has 2 amide bonds. The van der Waals surface area contributed by atoms with Crippen molar-refractivity contribution < 1.29 is 9.53 Å². The van der Waals surface area contributed by atoms with E-state index in [-0.39, 0.29) is 12.1 Å². The van der Waals surface area contributed by atoms with Gasteiger partial charge in [0.15, 0.2) is 0 Å². The number of hydrogen-bond acceptors (Lipinski definition) is 5. The van der Waals surface area contributed by atoms with Crippen LogP contribution in [0.4, 0.5) is 4.79 Å². The highest BCUT2D eigenvalue weighted by Gasteiger charge is 2.24. The van der Waals surface area contributed by atoms with Crippen molar-refractivity contribution in [2.75, 3.05) is 19.6 Å². The number of hydrogen-bond donors (Lipinski definition) is 1. The minimum Gasteiger partial charge on any atom is -0.460 e. The maximum atomic E-state index is 12.3. The second kappa shape index (κ2) is 8.46. The average Bonchev–Trinajstić information content (AvgIpc) is 3.18. The van der Waals surface area contributed by atoms with E-state index in [1.807, 2.05) is 15.7 Å². The van der Waals surface area contributed by atoms with Gasteiger partial charge in [-0.25, -0.2) is 19.7 Å². The van der Waals surface area contributed by atoms with Crippen LogP contribution >= 0.6 is 0 Å². The van der Waals surface area contributed by atoms with Gasteiger partial charge in [-0.1, -0.05) is 0 Å². The Balaban J connectivity index is 1.35. The topological polar surface area (TPSA) is 85.2 Å². The summed E-state index contributed by atoms with van der Waals surface area (Å²) >= 11 is 0. The van der Waals surface area contributed by atoms with E-state index >= 15 is 0 Å². The fourth-order valence-electron chi connectivity index (χ4n) is 2.85. The Morgan fingerprint density at radius 1 is 1.32 bits per heavy atom. The SMILES string of the molecule is C[C@@H](CCNC(=O)N1CCC(Oc2ncccn2)CC1)n1ccnc1. The van der Waals surface area contributed by atoms with Gasteiger partial charge in [0.25, 0.3) is 0 Å². The van der Waals surface area contributed by atoms with Crippen molar-refractivity contribution in [3.63, 3.8) is 0 Å². The molecule has 0 bridgehead atoms. The summed E-state index contributed by atoms with van der Waals surface area (Å²) in [5.74, 6) is 0. The van der Waals surface area contributed by atoms with E-state index in [2.05, 4.69) is 27.2 Å². The van der Waals surface area contributed by atoms with Crippen LogP contribution in [0.2, 0.25) is 0 Å². The molecule has 25 heavy (non-hydrogen) atoms. The average molecular weight is 344 g/mol. The molecule has 1 atom stereocenters. The number of aromatic nitrogens is 4. The molecule has 1 aliphatic heterocycles. The zero-order valence-corrected chi connectivity index (χ0v) is 14.4. The van der Waals surface area contributed by atoms with Crippen LogP contribution in [0.25, 0.3) is 0 Å². The van der Waals surface area contributed by atoms with Gasteiger partial charge in [0.2, 0.25) is 0 Å². The van der Waals surface area contributed by atoms with Crippen LogP contribution in [0.15, 0.2) is 37.2 Å². The van der Waals surface area contributed by atoms with Gasteiger partial charge in [-0.3, -0.25) is 0 Å². The zero-order chi connectivity index (χ0) is 17.5. The molecule has 1 fully saturated rings. The highest BCUT2D eigenvalue weighted by Crippen LogP contribution is 2.15. The number of urea groups is 1. The molecule has 1 aliphatic rings. The van der Waals surface area contributed by atoms with Crippen molar-refractivity contribution in [2.24, 2.45) is 0 Å². The number of carbonyl (C=O) groups is 1. The van der Waals surface area contributed by atoms with Crippen molar-refractivity contribution in [3.8, 4) is 6.01 Å². The second-order valence-corrected chi connectivity index (χ2v) is 6.22. The molecule has 0 saturated carbocycles. The fraction of sp³-hybridized carbons (Fsp3) is 0.529. The van der Waals surface area contributed by atoms with Gasteiger partial charge < -0.3 is 19.5 Å². The molecule has 0 aliphatic carbocycles. The van der Waals surface area contributed by atoms with Gasteiger partial charge in [-0.05, 0) is 19.4 Å². The third-order valence-corrected chi connectivity index (χ3v) is 4.42. The maximum Gasteiger partial charge on any atom is 0.317 e. The molecular weight excluding hydrogens is 320 g/mol. The number of amides is 2. The summed E-state index contributed by atoms with van der Waals surface area (Å²) in [4.78, 5) is 26.3. The van der Waals surface area contributed by atoms with E-state index < -0.39 is 0 Å². The Bertz CT molecular complexity index is 640. The molecule has 8 nitrogen and oxygen atoms in total. The standard InChI is InChI=1S/C17H24N6O2/c1-14(23-12-9-18-13-23)3-8-21-17(24)22-10-4-15(5-11-22)25-16-19-6-2-7-20-16/h2,6-7,9,12-15H,3-5,8,10-11H2,1H3,(H,21,24)/t14-/m0/s1. The number of likely N-dealkylation sites (tertiary alicyclic amines) is 1. The van der Waals surface area contributed by atoms with Crippen molar-refractivity contribution in [2.45, 2.75) is 38.3 Å². The lowest BCUT2D eigenvalue weighted by Crippen LogP contribution is -2.46. The molecular formula is C17H24N6O2. The van der Waals surface area contributed by atoms with E-state index in [9.17, 15) is 4.79 Å². The first-order valence-corrected chi connectivity index (χ1v) is 8.66. The van der Waals surface area contributed by atoms with Gasteiger partial charge in [0.05, 0.1) is 6.33 Å². The Morgan fingerprint density at radius 2 is 2.08 bits per heavy atom. The third-order valence-electron chi connectivity index (χ3n) is 4.42. The number of nitrogens with zero attached hydrogens (tertiary/aromatic N) is 5. The van der Waals surface area contributed by atoms with E-state index in [0.717, 1.165) is 19.3 Å². The van der Waals surface area contributed by atoms with Crippen LogP contribution in [0.1, 0.15) is 32.2 Å². The zero-order valence-electron chi connectivity index (χ0n) is 14.4. The van der Waals surface area contributed by atoms with Crippen LogP contribution in [-0.4, -0.2) is 56.2 Å². The Labute approximate surface area is 147 Å². The predicted octanol–water partition coefficient (Wildman–Crippen LogP) is 1.88. The first-order valence-electron chi connectivity index (χ1n) is 8.66. The molecule has 0 spiro atoms. The molecule has 0 aromatic carbocycles. The van der Waals surface area contributed by atoms with E-state index in [1.54, 1.807) is 31.0 Å². The number of piperidine rings is 1. The smallest absolute Gasteiger partial charge is 0.317 e. The second-order valence-electron chi connectivity index (χ2n) is 6.22. The monoisotopic (exact) mass is 344 g/mol. The first-order chi connectivity index (χ1) is 12.2. The Kier molecular flexibility index (Phi) is 5.81. The summed E-state index contributed by atoms with van der Waals surface area (Å²) in [5, 5.41) is 3.00. The van der Waals surface area contributed by atoms with Crippen LogP contribution in [0.5, 0.6) is 6.01 Å². The van der Waals surface area contributed by atoms with Crippen LogP contribution < -0.4 is 10.1 Å². The minimum atomic E-state index is -0.00718.